The molecule has 0 unspecified atom stereocenters. The standard InChI is InChI=1S/C30H22N4O4S2/c35-27-21-23(19-13-7-15-39-19)34-26-22(28(36)32(30(26)38)18-11-5-2-6-12-18)24(20-14-8-16-40-20)33(34)25(21)29(37)31(27)17-9-3-1-4-10-17/h1-16,21-26H/t21-,22-,23-,24-,25+,26+/m1/s1. The Hall–Kier alpha value is -3.96. The lowest BCUT2D eigenvalue weighted by molar-refractivity contribution is -0.135. The number of hydrogen-bond acceptors (Lipinski definition) is 8. The van der Waals surface area contributed by atoms with Crippen LogP contribution in [0.3, 0.4) is 0 Å². The van der Waals surface area contributed by atoms with E-state index in [1.165, 1.54) is 32.5 Å². The lowest BCUT2D eigenvalue weighted by atomic mass is 9.88. The Morgan fingerprint density at radius 3 is 1.20 bits per heavy atom. The number of nitrogens with zero attached hydrogens (tertiary/aromatic N) is 4. The van der Waals surface area contributed by atoms with Gasteiger partial charge < -0.3 is 0 Å². The summed E-state index contributed by atoms with van der Waals surface area (Å²) >= 11 is 2.99. The molecule has 6 atom stereocenters. The van der Waals surface area contributed by atoms with E-state index in [4.69, 9.17) is 0 Å². The van der Waals surface area contributed by atoms with Gasteiger partial charge in [0.25, 0.3) is 11.8 Å². The summed E-state index contributed by atoms with van der Waals surface area (Å²) in [4.78, 5) is 61.0. The zero-order valence-electron chi connectivity index (χ0n) is 20.9. The Kier molecular flexibility index (Phi) is 5.24. The zero-order valence-corrected chi connectivity index (χ0v) is 22.6. The molecule has 0 N–H and O–H groups in total. The predicted octanol–water partition coefficient (Wildman–Crippen LogP) is 4.25. The van der Waals surface area contributed by atoms with E-state index >= 15 is 0 Å². The van der Waals surface area contributed by atoms with Crippen molar-refractivity contribution in [2.75, 3.05) is 9.80 Å². The molecule has 4 aliphatic rings. The quantitative estimate of drug-likeness (QED) is 0.344. The van der Waals surface area contributed by atoms with Crippen LogP contribution in [0.2, 0.25) is 0 Å². The molecule has 4 aromatic rings. The predicted molar refractivity (Wildman–Crippen MR) is 150 cm³/mol. The Morgan fingerprint density at radius 1 is 0.450 bits per heavy atom. The maximum absolute atomic E-state index is 14.2. The molecular weight excluding hydrogens is 544 g/mol. The third kappa shape index (κ3) is 3.07. The number of para-hydroxylation sites is 2. The van der Waals surface area contributed by atoms with Crippen molar-refractivity contribution < 1.29 is 19.2 Å². The molecule has 2 aromatic carbocycles. The molecule has 8 rings (SSSR count). The summed E-state index contributed by atoms with van der Waals surface area (Å²) in [5.74, 6) is -2.66. The first-order chi connectivity index (χ1) is 19.6. The highest BCUT2D eigenvalue weighted by Crippen LogP contribution is 2.60. The van der Waals surface area contributed by atoms with Crippen LogP contribution in [-0.4, -0.2) is 45.7 Å². The van der Waals surface area contributed by atoms with Crippen LogP contribution in [0.15, 0.2) is 95.7 Å². The van der Waals surface area contributed by atoms with Crippen LogP contribution >= 0.6 is 22.7 Å². The summed E-state index contributed by atoms with van der Waals surface area (Å²) in [5.41, 5.74) is 1.05. The fourth-order valence-corrected chi connectivity index (χ4v) is 8.71. The van der Waals surface area contributed by atoms with E-state index in [0.717, 1.165) is 9.75 Å². The van der Waals surface area contributed by atoms with Gasteiger partial charge in [0.05, 0.1) is 35.3 Å². The van der Waals surface area contributed by atoms with Gasteiger partial charge in [0.15, 0.2) is 0 Å². The molecule has 8 nitrogen and oxygen atoms in total. The minimum Gasteiger partial charge on any atom is -0.274 e. The number of carbonyl (C=O) groups is 4. The van der Waals surface area contributed by atoms with Crippen LogP contribution in [-0.2, 0) is 19.2 Å². The summed E-state index contributed by atoms with van der Waals surface area (Å²) in [6.45, 7) is 0. The molecule has 0 saturated carbocycles. The summed E-state index contributed by atoms with van der Waals surface area (Å²) < 4.78 is 0. The monoisotopic (exact) mass is 566 g/mol. The third-order valence-electron chi connectivity index (χ3n) is 8.42. The molecule has 0 radical (unpaired) electrons. The number of amides is 4. The fraction of sp³-hybridized carbons (Fsp3) is 0.200. The molecular formula is C30H22N4O4S2. The highest BCUT2D eigenvalue weighted by molar-refractivity contribution is 7.10. The first kappa shape index (κ1) is 23.9. The first-order valence-corrected chi connectivity index (χ1v) is 14.8. The van der Waals surface area contributed by atoms with Crippen LogP contribution in [0.1, 0.15) is 21.8 Å². The second-order valence-electron chi connectivity index (χ2n) is 10.3. The first-order valence-electron chi connectivity index (χ1n) is 13.1. The highest BCUT2D eigenvalue weighted by atomic mass is 32.1. The van der Waals surface area contributed by atoms with E-state index in [0.29, 0.717) is 11.4 Å². The minimum atomic E-state index is -0.830. The SMILES string of the molecule is O=C1[C@H]2[C@@H](C(=O)N1c1ccccc1)N1[C@H](c3cccs3)[C@H]3C(=O)N(c4ccccc4)C(=O)[C@H]3N1[C@@H]2c1cccs1. The summed E-state index contributed by atoms with van der Waals surface area (Å²) in [6, 6.07) is 22.9. The molecule has 0 spiro atoms. The molecule has 6 heterocycles. The third-order valence-corrected chi connectivity index (χ3v) is 10.3. The fourth-order valence-electron chi connectivity index (χ4n) is 6.97. The number of thiophene rings is 2. The second kappa shape index (κ2) is 8.77. The Labute approximate surface area is 237 Å². The molecule has 198 valence electrons. The van der Waals surface area contributed by atoms with E-state index in [1.807, 2.05) is 57.2 Å². The molecule has 40 heavy (non-hydrogen) atoms. The maximum Gasteiger partial charge on any atom is 0.253 e. The van der Waals surface area contributed by atoms with Gasteiger partial charge in [-0.1, -0.05) is 48.5 Å². The lowest BCUT2D eigenvalue weighted by Gasteiger charge is -2.35. The van der Waals surface area contributed by atoms with Gasteiger partial charge in [0, 0.05) is 9.75 Å². The second-order valence-corrected chi connectivity index (χ2v) is 12.3. The van der Waals surface area contributed by atoms with E-state index in [9.17, 15) is 19.2 Å². The van der Waals surface area contributed by atoms with Crippen LogP contribution < -0.4 is 9.80 Å². The molecule has 0 bridgehead atoms. The van der Waals surface area contributed by atoms with Crippen LogP contribution in [0.25, 0.3) is 0 Å². The van der Waals surface area contributed by atoms with Crippen molar-refractivity contribution in [3.05, 3.63) is 105 Å². The average Bonchev–Trinajstić information content (AvgIpc) is 3.80. The minimum absolute atomic E-state index is 0.285. The number of rotatable bonds is 4. The van der Waals surface area contributed by atoms with Crippen LogP contribution in [0, 0.1) is 11.8 Å². The van der Waals surface area contributed by atoms with Gasteiger partial charge in [-0.25, -0.2) is 19.8 Å². The van der Waals surface area contributed by atoms with Crippen molar-refractivity contribution in [3.63, 3.8) is 0 Å². The molecule has 0 aliphatic carbocycles. The van der Waals surface area contributed by atoms with Crippen molar-refractivity contribution in [3.8, 4) is 0 Å². The molecule has 4 amide bonds. The molecule has 2 aromatic heterocycles. The van der Waals surface area contributed by atoms with Crippen molar-refractivity contribution in [1.29, 1.82) is 0 Å². The van der Waals surface area contributed by atoms with Crippen molar-refractivity contribution in [2.24, 2.45) is 11.8 Å². The van der Waals surface area contributed by atoms with Gasteiger partial charge in [-0.2, -0.15) is 0 Å². The van der Waals surface area contributed by atoms with Crippen molar-refractivity contribution in [1.82, 2.24) is 10.0 Å². The number of imide groups is 2. The summed E-state index contributed by atoms with van der Waals surface area (Å²) in [6.07, 6.45) is 0. The molecule has 4 fully saturated rings. The molecule has 4 aliphatic heterocycles. The zero-order chi connectivity index (χ0) is 27.1. The molecule has 10 heteroatoms. The Balaban J connectivity index is 1.32. The number of carbonyl (C=O) groups excluding carboxylic acids is 4. The van der Waals surface area contributed by atoms with E-state index in [1.54, 1.807) is 48.5 Å². The van der Waals surface area contributed by atoms with Gasteiger partial charge >= 0.3 is 0 Å². The Bertz CT molecular complexity index is 1520. The smallest absolute Gasteiger partial charge is 0.253 e. The number of anilines is 2. The molecule has 4 saturated heterocycles. The largest absolute Gasteiger partial charge is 0.274 e. The van der Waals surface area contributed by atoms with E-state index in [2.05, 4.69) is 0 Å². The number of fused-ring (bicyclic) bond motifs is 5. The maximum atomic E-state index is 14.2. The van der Waals surface area contributed by atoms with Crippen molar-refractivity contribution in [2.45, 2.75) is 24.2 Å². The summed E-state index contributed by atoms with van der Waals surface area (Å²) in [5, 5.41) is 7.70. The number of hydrogen-bond donors (Lipinski definition) is 0. The van der Waals surface area contributed by atoms with E-state index in [-0.39, 0.29) is 23.6 Å². The normalized spacial score (nSPS) is 29.9. The Morgan fingerprint density at radius 2 is 0.850 bits per heavy atom. The number of hydrazine groups is 1. The van der Waals surface area contributed by atoms with Gasteiger partial charge in [-0.15, -0.1) is 22.7 Å². The summed E-state index contributed by atoms with van der Waals surface area (Å²) in [7, 11) is 0. The topological polar surface area (TPSA) is 81.2 Å². The van der Waals surface area contributed by atoms with Gasteiger partial charge in [-0.3, -0.25) is 19.2 Å². The average molecular weight is 567 g/mol. The van der Waals surface area contributed by atoms with Gasteiger partial charge in [0.1, 0.15) is 12.1 Å². The highest BCUT2D eigenvalue weighted by Gasteiger charge is 2.74. The lowest BCUT2D eigenvalue weighted by Crippen LogP contribution is -2.50. The van der Waals surface area contributed by atoms with Gasteiger partial charge in [0.2, 0.25) is 11.8 Å². The van der Waals surface area contributed by atoms with Crippen LogP contribution in [0.4, 0.5) is 11.4 Å². The van der Waals surface area contributed by atoms with Crippen molar-refractivity contribution >= 4 is 57.7 Å². The van der Waals surface area contributed by atoms with Gasteiger partial charge in [-0.05, 0) is 47.2 Å². The van der Waals surface area contributed by atoms with E-state index < -0.39 is 36.0 Å². The van der Waals surface area contributed by atoms with Crippen LogP contribution in [0.5, 0.6) is 0 Å². The number of benzene rings is 2.